The van der Waals surface area contributed by atoms with Crippen LogP contribution < -0.4 is 10.2 Å². The number of anilines is 1. The minimum absolute atomic E-state index is 0.152. The number of nitrogens with zero attached hydrogens (tertiary/aromatic N) is 3. The number of piperidine rings is 1. The lowest BCUT2D eigenvalue weighted by atomic mass is 9.71. The summed E-state index contributed by atoms with van der Waals surface area (Å²) in [6.45, 7) is 2.59. The first-order valence-corrected chi connectivity index (χ1v) is 6.14. The number of carbonyl (C=O) groups excluding carboxylic acids is 1. The SMILES string of the molecule is N#Cc1ccc(N2CC3(CCNCC3)C2=O)nc1. The third-order valence-corrected chi connectivity index (χ3v) is 3.87. The van der Waals surface area contributed by atoms with Gasteiger partial charge in [0.2, 0.25) is 5.91 Å². The molecule has 3 heterocycles. The summed E-state index contributed by atoms with van der Waals surface area (Å²) in [5, 5.41) is 12.0. The zero-order chi connectivity index (χ0) is 12.6. The zero-order valence-corrected chi connectivity index (χ0v) is 10.0. The van der Waals surface area contributed by atoms with Crippen LogP contribution in [0.4, 0.5) is 5.82 Å². The molecule has 0 atom stereocenters. The lowest BCUT2D eigenvalue weighted by molar-refractivity contribution is -0.137. The van der Waals surface area contributed by atoms with E-state index in [1.165, 1.54) is 6.20 Å². The Morgan fingerprint density at radius 2 is 2.17 bits per heavy atom. The predicted molar refractivity (Wildman–Crippen MR) is 65.8 cm³/mol. The van der Waals surface area contributed by atoms with E-state index in [1.807, 2.05) is 6.07 Å². The standard InChI is InChI=1S/C13H14N4O/c14-7-10-1-2-11(16-8-10)17-9-13(12(17)18)3-5-15-6-4-13/h1-2,8,15H,3-6,9H2. The molecular weight excluding hydrogens is 228 g/mol. The van der Waals surface area contributed by atoms with Gasteiger partial charge in [0.15, 0.2) is 0 Å². The van der Waals surface area contributed by atoms with E-state index < -0.39 is 0 Å². The van der Waals surface area contributed by atoms with Crippen LogP contribution in [-0.4, -0.2) is 30.5 Å². The van der Waals surface area contributed by atoms with Crippen molar-refractivity contribution in [3.8, 4) is 6.07 Å². The monoisotopic (exact) mass is 242 g/mol. The molecular formula is C13H14N4O. The van der Waals surface area contributed by atoms with Crippen LogP contribution in [0.1, 0.15) is 18.4 Å². The number of aromatic nitrogens is 1. The summed E-state index contributed by atoms with van der Waals surface area (Å²) in [6, 6.07) is 5.46. The van der Waals surface area contributed by atoms with E-state index in [-0.39, 0.29) is 11.3 Å². The number of nitriles is 1. The van der Waals surface area contributed by atoms with Crippen molar-refractivity contribution in [1.82, 2.24) is 10.3 Å². The van der Waals surface area contributed by atoms with E-state index in [4.69, 9.17) is 5.26 Å². The van der Waals surface area contributed by atoms with E-state index in [0.29, 0.717) is 11.4 Å². The highest BCUT2D eigenvalue weighted by molar-refractivity contribution is 6.03. The van der Waals surface area contributed by atoms with Gasteiger partial charge in [-0.25, -0.2) is 4.98 Å². The number of pyridine rings is 1. The van der Waals surface area contributed by atoms with Crippen LogP contribution in [0, 0.1) is 16.7 Å². The smallest absolute Gasteiger partial charge is 0.236 e. The van der Waals surface area contributed by atoms with Gasteiger partial charge in [0.1, 0.15) is 11.9 Å². The summed E-state index contributed by atoms with van der Waals surface area (Å²) >= 11 is 0. The molecule has 0 unspecified atom stereocenters. The molecule has 0 bridgehead atoms. The van der Waals surface area contributed by atoms with Crippen LogP contribution in [-0.2, 0) is 4.79 Å². The maximum Gasteiger partial charge on any atom is 0.236 e. The highest BCUT2D eigenvalue weighted by atomic mass is 16.2. The molecule has 1 amide bonds. The quantitative estimate of drug-likeness (QED) is 0.735. The maximum atomic E-state index is 12.3. The fraction of sp³-hybridized carbons (Fsp3) is 0.462. The predicted octanol–water partition coefficient (Wildman–Crippen LogP) is 0.670. The Morgan fingerprint density at radius 1 is 1.39 bits per heavy atom. The zero-order valence-electron chi connectivity index (χ0n) is 10.0. The maximum absolute atomic E-state index is 12.3. The van der Waals surface area contributed by atoms with Gasteiger partial charge >= 0.3 is 0 Å². The largest absolute Gasteiger partial charge is 0.317 e. The summed E-state index contributed by atoms with van der Waals surface area (Å²) in [6.07, 6.45) is 3.34. The molecule has 5 heteroatoms. The first kappa shape index (κ1) is 11.2. The third-order valence-electron chi connectivity index (χ3n) is 3.87. The summed E-state index contributed by atoms with van der Waals surface area (Å²) < 4.78 is 0. The summed E-state index contributed by atoms with van der Waals surface area (Å²) in [5.74, 6) is 0.837. The molecule has 18 heavy (non-hydrogen) atoms. The van der Waals surface area contributed by atoms with Crippen molar-refractivity contribution in [2.24, 2.45) is 5.41 Å². The number of hydrogen-bond donors (Lipinski definition) is 1. The molecule has 1 N–H and O–H groups in total. The van der Waals surface area contributed by atoms with Crippen LogP contribution in [0.5, 0.6) is 0 Å². The summed E-state index contributed by atoms with van der Waals surface area (Å²) in [4.78, 5) is 18.2. The molecule has 0 aliphatic carbocycles. The number of amides is 1. The second-order valence-corrected chi connectivity index (χ2v) is 4.94. The summed E-state index contributed by atoms with van der Waals surface area (Å²) in [7, 11) is 0. The van der Waals surface area contributed by atoms with Crippen LogP contribution in [0.3, 0.4) is 0 Å². The second-order valence-electron chi connectivity index (χ2n) is 4.94. The number of hydrogen-bond acceptors (Lipinski definition) is 4. The van der Waals surface area contributed by atoms with E-state index in [1.54, 1.807) is 17.0 Å². The third kappa shape index (κ3) is 1.57. The van der Waals surface area contributed by atoms with Gasteiger partial charge in [-0.1, -0.05) is 0 Å². The van der Waals surface area contributed by atoms with Crippen molar-refractivity contribution in [2.45, 2.75) is 12.8 Å². The van der Waals surface area contributed by atoms with Crippen molar-refractivity contribution in [2.75, 3.05) is 24.5 Å². The first-order chi connectivity index (χ1) is 8.75. The molecule has 2 aliphatic rings. The second kappa shape index (κ2) is 4.07. The minimum atomic E-state index is -0.152. The number of β-lactam (4-membered cyclic amide) rings is 1. The van der Waals surface area contributed by atoms with Crippen molar-refractivity contribution in [3.05, 3.63) is 23.9 Å². The Morgan fingerprint density at radius 3 is 2.72 bits per heavy atom. The number of carbonyl (C=O) groups is 1. The van der Waals surface area contributed by atoms with Crippen LogP contribution >= 0.6 is 0 Å². The fourth-order valence-electron chi connectivity index (χ4n) is 2.71. The van der Waals surface area contributed by atoms with Crippen molar-refractivity contribution in [1.29, 1.82) is 5.26 Å². The van der Waals surface area contributed by atoms with Gasteiger partial charge in [-0.15, -0.1) is 0 Å². The van der Waals surface area contributed by atoms with Crippen LogP contribution in [0.15, 0.2) is 18.3 Å². The van der Waals surface area contributed by atoms with Gasteiger partial charge in [0.25, 0.3) is 0 Å². The van der Waals surface area contributed by atoms with Gasteiger partial charge in [-0.3, -0.25) is 9.69 Å². The van der Waals surface area contributed by atoms with Gasteiger partial charge in [0.05, 0.1) is 11.0 Å². The Labute approximate surface area is 105 Å². The topological polar surface area (TPSA) is 69.0 Å². The molecule has 5 nitrogen and oxygen atoms in total. The van der Waals surface area contributed by atoms with Crippen LogP contribution in [0.2, 0.25) is 0 Å². The van der Waals surface area contributed by atoms with E-state index in [9.17, 15) is 4.79 Å². The molecule has 1 aromatic heterocycles. The minimum Gasteiger partial charge on any atom is -0.317 e. The Kier molecular flexibility index (Phi) is 2.53. The Bertz CT molecular complexity index is 511. The lowest BCUT2D eigenvalue weighted by Gasteiger charge is -2.50. The van der Waals surface area contributed by atoms with Crippen molar-refractivity contribution in [3.63, 3.8) is 0 Å². The van der Waals surface area contributed by atoms with Gasteiger partial charge < -0.3 is 5.32 Å². The van der Waals surface area contributed by atoms with E-state index in [0.717, 1.165) is 32.5 Å². The van der Waals surface area contributed by atoms with Crippen molar-refractivity contribution < 1.29 is 4.79 Å². The molecule has 1 spiro atoms. The van der Waals surface area contributed by atoms with Gasteiger partial charge in [0, 0.05) is 12.7 Å². The molecule has 0 saturated carbocycles. The molecule has 92 valence electrons. The molecule has 1 aromatic rings. The normalized spacial score (nSPS) is 21.5. The average molecular weight is 242 g/mol. The molecule has 0 aromatic carbocycles. The summed E-state index contributed by atoms with van der Waals surface area (Å²) in [5.41, 5.74) is 0.365. The highest BCUT2D eigenvalue weighted by Gasteiger charge is 2.52. The molecule has 2 aliphatic heterocycles. The van der Waals surface area contributed by atoms with Gasteiger partial charge in [-0.2, -0.15) is 5.26 Å². The van der Waals surface area contributed by atoms with E-state index in [2.05, 4.69) is 10.3 Å². The Hall–Kier alpha value is -1.93. The molecule has 0 radical (unpaired) electrons. The number of rotatable bonds is 1. The van der Waals surface area contributed by atoms with Crippen molar-refractivity contribution >= 4 is 11.7 Å². The first-order valence-electron chi connectivity index (χ1n) is 6.14. The Balaban J connectivity index is 1.76. The molecule has 2 fully saturated rings. The average Bonchev–Trinajstić information content (AvgIpc) is 2.46. The lowest BCUT2D eigenvalue weighted by Crippen LogP contribution is -2.64. The molecule has 2 saturated heterocycles. The molecule has 3 rings (SSSR count). The van der Waals surface area contributed by atoms with Gasteiger partial charge in [-0.05, 0) is 38.1 Å². The van der Waals surface area contributed by atoms with E-state index >= 15 is 0 Å². The highest BCUT2D eigenvalue weighted by Crippen LogP contribution is 2.41. The fourth-order valence-corrected chi connectivity index (χ4v) is 2.71. The number of nitrogens with one attached hydrogen (secondary N) is 1. The van der Waals surface area contributed by atoms with Crippen LogP contribution in [0.25, 0.3) is 0 Å².